The van der Waals surface area contributed by atoms with Crippen molar-refractivity contribution < 1.29 is 0 Å². The third-order valence-electron chi connectivity index (χ3n) is 3.37. The first-order chi connectivity index (χ1) is 8.83. The summed E-state index contributed by atoms with van der Waals surface area (Å²) >= 11 is -0.407. The molecule has 0 aliphatic carbocycles. The van der Waals surface area contributed by atoms with Crippen molar-refractivity contribution in [1.29, 1.82) is 0 Å². The normalized spacial score (nSPS) is 10.9. The zero-order chi connectivity index (χ0) is 15.3. The van der Waals surface area contributed by atoms with Gasteiger partial charge in [0.05, 0.1) is 0 Å². The molecule has 0 aromatic carbocycles. The zero-order valence-electron chi connectivity index (χ0n) is 15.3. The molecule has 0 amide bonds. The molecule has 0 radical (unpaired) electrons. The second kappa shape index (κ2) is 14.9. The lowest BCUT2D eigenvalue weighted by Gasteiger charge is -2.17. The van der Waals surface area contributed by atoms with Crippen molar-refractivity contribution >= 4 is 14.1 Å². The molecule has 0 N–H and O–H groups in total. The van der Waals surface area contributed by atoms with Crippen molar-refractivity contribution in [2.45, 2.75) is 96.9 Å². The molecule has 0 atom stereocenters. The highest BCUT2D eigenvalue weighted by molar-refractivity contribution is 6.58. The number of hydrogen-bond acceptors (Lipinski definition) is 0. The van der Waals surface area contributed by atoms with Gasteiger partial charge in [0.2, 0.25) is 0 Å². The highest BCUT2D eigenvalue weighted by Crippen LogP contribution is 2.20. The fourth-order valence-electron chi connectivity index (χ4n) is 2.79. The molecule has 0 saturated carbocycles. The van der Waals surface area contributed by atoms with Crippen LogP contribution in [-0.4, -0.2) is 14.1 Å². The van der Waals surface area contributed by atoms with Crippen molar-refractivity contribution in [2.75, 3.05) is 0 Å². The molecule has 0 saturated heterocycles. The average Bonchev–Trinajstić information content (AvgIpc) is 2.24. The Morgan fingerprint density at radius 3 is 1.00 bits per heavy atom. The van der Waals surface area contributed by atoms with Gasteiger partial charge in [-0.15, -0.1) is 0 Å². The van der Waals surface area contributed by atoms with E-state index in [1.54, 1.807) is 15.8 Å². The molecule has 0 bridgehead atoms. The van der Waals surface area contributed by atoms with Crippen molar-refractivity contribution in [3.63, 3.8) is 0 Å². The summed E-state index contributed by atoms with van der Waals surface area (Å²) in [5.74, 6) is 2.78. The molecule has 0 unspecified atom stereocenters. The third-order valence-corrected chi connectivity index (χ3v) is 8.20. The molecule has 1 heteroatoms. The fourth-order valence-corrected chi connectivity index (χ4v) is 7.37. The van der Waals surface area contributed by atoms with Gasteiger partial charge in [0.1, 0.15) is 0 Å². The molecule has 0 spiro atoms. The largest absolute Gasteiger partial charge is 0.262 e. The monoisotopic (exact) mass is 284 g/mol. The van der Waals surface area contributed by atoms with Crippen molar-refractivity contribution in [1.82, 2.24) is 0 Å². The van der Waals surface area contributed by atoms with Gasteiger partial charge in [0, 0.05) is 0 Å². The van der Waals surface area contributed by atoms with Crippen LogP contribution in [0, 0.1) is 17.8 Å². The van der Waals surface area contributed by atoms with Gasteiger partial charge < -0.3 is 0 Å². The van der Waals surface area contributed by atoms with Crippen LogP contribution >= 0.6 is 0 Å². The van der Waals surface area contributed by atoms with Gasteiger partial charge in [-0.1, -0.05) is 115 Å². The maximum absolute atomic E-state index is 2.38. The number of unbranched alkanes of at least 4 members (excludes halogenated alkanes) is 3. The Labute approximate surface area is 129 Å². The van der Waals surface area contributed by atoms with E-state index in [0.717, 1.165) is 17.8 Å². The summed E-state index contributed by atoms with van der Waals surface area (Å²) in [5.41, 5.74) is 0. The second-order valence-corrected chi connectivity index (χ2v) is 10.6. The SMILES string of the molecule is CC(C)[CH2][Al]([CH2]C(C)C)[CH2]C(C)C.CCCCCC. The van der Waals surface area contributed by atoms with Crippen molar-refractivity contribution in [3.8, 4) is 0 Å². The molecule has 0 nitrogen and oxygen atoms in total. The summed E-state index contributed by atoms with van der Waals surface area (Å²) < 4.78 is 0. The van der Waals surface area contributed by atoms with Crippen molar-refractivity contribution in [3.05, 3.63) is 0 Å². The Bertz CT molecular complexity index is 133. The average molecular weight is 285 g/mol. The van der Waals surface area contributed by atoms with Crippen LogP contribution in [-0.2, 0) is 0 Å². The van der Waals surface area contributed by atoms with Gasteiger partial charge in [-0.3, -0.25) is 0 Å². The van der Waals surface area contributed by atoms with Crippen LogP contribution < -0.4 is 0 Å². The molecule has 0 heterocycles. The summed E-state index contributed by atoms with van der Waals surface area (Å²) in [5, 5.41) is 4.66. The zero-order valence-corrected chi connectivity index (χ0v) is 16.4. The van der Waals surface area contributed by atoms with E-state index in [4.69, 9.17) is 0 Å². The van der Waals surface area contributed by atoms with E-state index in [-0.39, 0.29) is 0 Å². The van der Waals surface area contributed by atoms with Gasteiger partial charge in [-0.2, -0.15) is 0 Å². The van der Waals surface area contributed by atoms with E-state index in [0.29, 0.717) is 0 Å². The van der Waals surface area contributed by atoms with E-state index in [2.05, 4.69) is 55.4 Å². The van der Waals surface area contributed by atoms with Gasteiger partial charge in [0.15, 0.2) is 0 Å². The Morgan fingerprint density at radius 2 is 0.842 bits per heavy atom. The van der Waals surface area contributed by atoms with Gasteiger partial charge in [-0.25, -0.2) is 0 Å². The molecule has 0 aliphatic rings. The van der Waals surface area contributed by atoms with E-state index >= 15 is 0 Å². The minimum absolute atomic E-state index is 0.407. The molecular formula is C18H41Al. The Balaban J connectivity index is 0. The van der Waals surface area contributed by atoms with Gasteiger partial charge >= 0.3 is 0 Å². The Kier molecular flexibility index (Phi) is 17.2. The Hall–Kier alpha value is 0.532. The van der Waals surface area contributed by atoms with Gasteiger partial charge in [-0.05, 0) is 0 Å². The number of rotatable bonds is 9. The summed E-state index contributed by atoms with van der Waals surface area (Å²) in [4.78, 5) is 0. The summed E-state index contributed by atoms with van der Waals surface area (Å²) in [7, 11) is 0. The van der Waals surface area contributed by atoms with Crippen LogP contribution in [0.15, 0.2) is 0 Å². The highest BCUT2D eigenvalue weighted by Gasteiger charge is 2.20. The van der Waals surface area contributed by atoms with E-state index in [9.17, 15) is 0 Å². The molecular weight excluding hydrogens is 243 g/mol. The molecule has 0 aromatic rings. The molecule has 0 aromatic heterocycles. The highest BCUT2D eigenvalue weighted by atomic mass is 27.2. The van der Waals surface area contributed by atoms with E-state index in [1.807, 2.05) is 0 Å². The third kappa shape index (κ3) is 21.0. The first kappa shape index (κ1) is 21.8. The predicted octanol–water partition coefficient (Wildman–Crippen LogP) is 7.04. The predicted molar refractivity (Wildman–Crippen MR) is 94.5 cm³/mol. The lowest BCUT2D eigenvalue weighted by atomic mass is 10.2. The van der Waals surface area contributed by atoms with Crippen LogP contribution in [0.2, 0.25) is 15.8 Å². The van der Waals surface area contributed by atoms with Crippen LogP contribution in [0.1, 0.15) is 81.1 Å². The summed E-state index contributed by atoms with van der Waals surface area (Å²) in [6.45, 7) is 18.7. The standard InChI is InChI=1S/C6H14.3C4H9.Al/c1-3-5-6-4-2;3*1-4(2)3;/h3-6H2,1-2H3;3*4H,1H2,2-3H3;. The van der Waals surface area contributed by atoms with Crippen LogP contribution in [0.4, 0.5) is 0 Å². The first-order valence-corrected chi connectivity index (χ1v) is 11.3. The minimum Gasteiger partial charge on any atom is -0.0915 e. The molecule has 0 fully saturated rings. The smallest absolute Gasteiger partial charge is 0.0915 e. The topological polar surface area (TPSA) is 0 Å². The maximum Gasteiger partial charge on any atom is 0.262 e. The maximum atomic E-state index is 2.38. The molecule has 19 heavy (non-hydrogen) atoms. The summed E-state index contributed by atoms with van der Waals surface area (Å²) in [6, 6.07) is 0. The van der Waals surface area contributed by atoms with E-state index < -0.39 is 14.1 Å². The van der Waals surface area contributed by atoms with Crippen LogP contribution in [0.5, 0.6) is 0 Å². The molecule has 116 valence electrons. The van der Waals surface area contributed by atoms with Crippen LogP contribution in [0.25, 0.3) is 0 Å². The summed E-state index contributed by atoms with van der Waals surface area (Å²) in [6.07, 6.45) is 5.54. The lowest BCUT2D eigenvalue weighted by molar-refractivity contribution is 0.659. The van der Waals surface area contributed by atoms with Gasteiger partial charge in [0.25, 0.3) is 14.1 Å². The first-order valence-electron chi connectivity index (χ1n) is 8.83. The molecule has 0 aliphatic heterocycles. The Morgan fingerprint density at radius 1 is 0.579 bits per heavy atom. The minimum atomic E-state index is -0.407. The second-order valence-electron chi connectivity index (χ2n) is 7.46. The van der Waals surface area contributed by atoms with Crippen LogP contribution in [0.3, 0.4) is 0 Å². The fraction of sp³-hybridized carbons (Fsp3) is 1.00. The van der Waals surface area contributed by atoms with Crippen molar-refractivity contribution in [2.24, 2.45) is 17.8 Å². The number of hydrogen-bond donors (Lipinski definition) is 0. The molecule has 0 rings (SSSR count). The van der Waals surface area contributed by atoms with E-state index in [1.165, 1.54) is 25.7 Å². The lowest BCUT2D eigenvalue weighted by Crippen LogP contribution is -2.19. The quantitative estimate of drug-likeness (QED) is 0.315.